The molecule has 1 aliphatic rings. The highest BCUT2D eigenvalue weighted by atomic mass is 32.1. The molecule has 17 heavy (non-hydrogen) atoms. The lowest BCUT2D eigenvalue weighted by Gasteiger charge is -2.16. The third-order valence-electron chi connectivity index (χ3n) is 3.16. The molecule has 0 spiro atoms. The van der Waals surface area contributed by atoms with Crippen molar-refractivity contribution in [1.29, 1.82) is 0 Å². The third-order valence-corrected chi connectivity index (χ3v) is 4.08. The molecule has 2 heterocycles. The minimum atomic E-state index is 0.511. The van der Waals surface area contributed by atoms with Crippen LogP contribution in [0.15, 0.2) is 41.8 Å². The van der Waals surface area contributed by atoms with Gasteiger partial charge < -0.3 is 10.6 Å². The lowest BCUT2D eigenvalue weighted by molar-refractivity contribution is 0.537. The predicted molar refractivity (Wildman–Crippen MR) is 73.6 cm³/mol. The van der Waals surface area contributed by atoms with Gasteiger partial charge in [0.15, 0.2) is 0 Å². The fraction of sp³-hybridized carbons (Fsp3) is 0.286. The number of nitrogens with one attached hydrogen (secondary N) is 2. The number of hydrogen-bond donors (Lipinski definition) is 2. The van der Waals surface area contributed by atoms with Crippen LogP contribution in [0.1, 0.15) is 11.1 Å². The lowest BCUT2D eigenvalue weighted by atomic mass is 10.1. The van der Waals surface area contributed by atoms with E-state index in [1.807, 2.05) is 0 Å². The number of anilines is 1. The average molecular weight is 244 g/mol. The minimum absolute atomic E-state index is 0.511. The number of hydrogen-bond acceptors (Lipinski definition) is 3. The van der Waals surface area contributed by atoms with Crippen molar-refractivity contribution in [2.24, 2.45) is 0 Å². The van der Waals surface area contributed by atoms with Crippen LogP contribution in [0.5, 0.6) is 0 Å². The van der Waals surface area contributed by atoms with Gasteiger partial charge >= 0.3 is 0 Å². The first-order chi connectivity index (χ1) is 8.42. The highest BCUT2D eigenvalue weighted by Crippen LogP contribution is 2.25. The Hall–Kier alpha value is -1.32. The second-order valence-corrected chi connectivity index (χ2v) is 5.34. The van der Waals surface area contributed by atoms with E-state index < -0.39 is 0 Å². The van der Waals surface area contributed by atoms with Gasteiger partial charge in [0.25, 0.3) is 0 Å². The van der Waals surface area contributed by atoms with Gasteiger partial charge in [0, 0.05) is 24.7 Å². The Labute approximate surface area is 106 Å². The molecule has 2 N–H and O–H groups in total. The van der Waals surface area contributed by atoms with Crippen LogP contribution in [-0.2, 0) is 13.0 Å². The molecule has 3 rings (SSSR count). The van der Waals surface area contributed by atoms with Gasteiger partial charge in [-0.15, -0.1) is 11.3 Å². The molecule has 1 atom stereocenters. The van der Waals surface area contributed by atoms with Crippen LogP contribution in [0, 0.1) is 0 Å². The summed E-state index contributed by atoms with van der Waals surface area (Å²) in [6.07, 6.45) is 1.09. The highest BCUT2D eigenvalue weighted by Gasteiger charge is 2.15. The van der Waals surface area contributed by atoms with Gasteiger partial charge in [-0.3, -0.25) is 0 Å². The summed E-state index contributed by atoms with van der Waals surface area (Å²) in [5, 5.41) is 10.6. The van der Waals surface area contributed by atoms with E-state index in [1.54, 1.807) is 11.3 Å². The second-order valence-electron chi connectivity index (χ2n) is 4.42. The molecular formula is C14H16N2S. The van der Waals surface area contributed by atoms with Crippen molar-refractivity contribution in [3.8, 4) is 0 Å². The Bertz CT molecular complexity index is 455. The molecule has 0 fully saturated rings. The molecule has 1 aromatic carbocycles. The second kappa shape index (κ2) is 4.90. The van der Waals surface area contributed by atoms with E-state index in [0.717, 1.165) is 19.5 Å². The fourth-order valence-corrected chi connectivity index (χ4v) is 3.04. The number of benzene rings is 1. The smallest absolute Gasteiger partial charge is 0.0928 e. The monoisotopic (exact) mass is 244 g/mol. The van der Waals surface area contributed by atoms with Crippen molar-refractivity contribution >= 4 is 16.3 Å². The van der Waals surface area contributed by atoms with Gasteiger partial charge in [0.1, 0.15) is 0 Å². The molecule has 1 aliphatic heterocycles. The maximum Gasteiger partial charge on any atom is 0.0928 e. The van der Waals surface area contributed by atoms with E-state index in [4.69, 9.17) is 0 Å². The van der Waals surface area contributed by atoms with Gasteiger partial charge in [-0.2, -0.15) is 0 Å². The zero-order valence-corrected chi connectivity index (χ0v) is 10.5. The van der Waals surface area contributed by atoms with Crippen molar-refractivity contribution in [2.75, 3.05) is 11.9 Å². The average Bonchev–Trinajstić information content (AvgIpc) is 2.74. The summed E-state index contributed by atoms with van der Waals surface area (Å²) in [7, 11) is 0. The quantitative estimate of drug-likeness (QED) is 0.849. The summed E-state index contributed by atoms with van der Waals surface area (Å²) in [5.74, 6) is 0. The first-order valence-electron chi connectivity index (χ1n) is 5.99. The van der Waals surface area contributed by atoms with E-state index in [1.165, 1.54) is 16.1 Å². The highest BCUT2D eigenvalue weighted by molar-refractivity contribution is 7.14. The van der Waals surface area contributed by atoms with Crippen molar-refractivity contribution < 1.29 is 0 Å². The van der Waals surface area contributed by atoms with E-state index in [-0.39, 0.29) is 0 Å². The summed E-state index contributed by atoms with van der Waals surface area (Å²) in [4.78, 5) is 0. The molecule has 0 radical (unpaired) electrons. The number of rotatable bonds is 2. The maximum atomic E-state index is 3.62. The third kappa shape index (κ3) is 2.51. The van der Waals surface area contributed by atoms with Crippen molar-refractivity contribution in [2.45, 2.75) is 19.0 Å². The van der Waals surface area contributed by atoms with Crippen LogP contribution in [0.4, 0.5) is 5.00 Å². The van der Waals surface area contributed by atoms with Crippen LogP contribution in [0.25, 0.3) is 0 Å². The summed E-state index contributed by atoms with van der Waals surface area (Å²) in [6, 6.07) is 13.4. The molecule has 2 aromatic rings. The normalized spacial score (nSPS) is 19.2. The minimum Gasteiger partial charge on any atom is -0.375 e. The maximum absolute atomic E-state index is 3.62. The Morgan fingerprint density at radius 3 is 2.94 bits per heavy atom. The van der Waals surface area contributed by atoms with Crippen LogP contribution in [0.3, 0.4) is 0 Å². The zero-order chi connectivity index (χ0) is 11.5. The molecule has 1 unspecified atom stereocenters. The Kier molecular flexibility index (Phi) is 3.12. The summed E-state index contributed by atoms with van der Waals surface area (Å²) in [6.45, 7) is 1.98. The molecule has 88 valence electrons. The number of fused-ring (bicyclic) bond motifs is 1. The topological polar surface area (TPSA) is 24.1 Å². The van der Waals surface area contributed by atoms with Gasteiger partial charge in [-0.25, -0.2) is 0 Å². The first-order valence-corrected chi connectivity index (χ1v) is 6.87. The molecule has 1 aromatic heterocycles. The van der Waals surface area contributed by atoms with Crippen molar-refractivity contribution in [1.82, 2.24) is 5.32 Å². The van der Waals surface area contributed by atoms with Gasteiger partial charge in [-0.1, -0.05) is 30.3 Å². The Balaban J connectivity index is 1.66. The Morgan fingerprint density at radius 2 is 2.06 bits per heavy atom. The largest absolute Gasteiger partial charge is 0.375 e. The molecular weight excluding hydrogens is 228 g/mol. The zero-order valence-electron chi connectivity index (χ0n) is 9.65. The van der Waals surface area contributed by atoms with E-state index >= 15 is 0 Å². The first kappa shape index (κ1) is 10.8. The van der Waals surface area contributed by atoms with Gasteiger partial charge in [0.05, 0.1) is 5.00 Å². The molecule has 0 bridgehead atoms. The summed E-state index contributed by atoms with van der Waals surface area (Å²) >= 11 is 1.80. The molecule has 0 amide bonds. The lowest BCUT2D eigenvalue weighted by Crippen LogP contribution is -2.34. The standard InChI is InChI=1S/C14H16N2S/c1-2-4-11(5-3-1)8-13-10-16-14-12(9-15-13)6-7-17-14/h1-7,13,15-16H,8-10H2. The van der Waals surface area contributed by atoms with E-state index in [9.17, 15) is 0 Å². The van der Waals surface area contributed by atoms with Crippen LogP contribution in [0.2, 0.25) is 0 Å². The Morgan fingerprint density at radius 1 is 1.18 bits per heavy atom. The number of thiophene rings is 1. The molecule has 2 nitrogen and oxygen atoms in total. The van der Waals surface area contributed by atoms with Crippen LogP contribution in [-0.4, -0.2) is 12.6 Å². The van der Waals surface area contributed by atoms with Crippen LogP contribution < -0.4 is 10.6 Å². The van der Waals surface area contributed by atoms with Crippen LogP contribution >= 0.6 is 11.3 Å². The SMILES string of the molecule is c1ccc(CC2CNc3sccc3CN2)cc1. The van der Waals surface area contributed by atoms with Crippen molar-refractivity contribution in [3.05, 3.63) is 52.9 Å². The molecule has 0 saturated heterocycles. The molecule has 0 aliphatic carbocycles. The predicted octanol–water partition coefficient (Wildman–Crippen LogP) is 2.87. The van der Waals surface area contributed by atoms with Gasteiger partial charge in [0.2, 0.25) is 0 Å². The van der Waals surface area contributed by atoms with Crippen molar-refractivity contribution in [3.63, 3.8) is 0 Å². The van der Waals surface area contributed by atoms with E-state index in [2.05, 4.69) is 52.4 Å². The van der Waals surface area contributed by atoms with Gasteiger partial charge in [-0.05, 0) is 23.4 Å². The molecule has 0 saturated carbocycles. The van der Waals surface area contributed by atoms with E-state index in [0.29, 0.717) is 6.04 Å². The summed E-state index contributed by atoms with van der Waals surface area (Å²) < 4.78 is 0. The fourth-order valence-electron chi connectivity index (χ4n) is 2.22. The molecule has 3 heteroatoms. The summed E-state index contributed by atoms with van der Waals surface area (Å²) in [5.41, 5.74) is 2.79.